The van der Waals surface area contributed by atoms with Crippen molar-refractivity contribution in [2.75, 3.05) is 21.4 Å². The van der Waals surface area contributed by atoms with E-state index >= 15 is 0 Å². The highest BCUT2D eigenvalue weighted by Crippen LogP contribution is 2.43. The van der Waals surface area contributed by atoms with Crippen molar-refractivity contribution in [2.24, 2.45) is 0 Å². The molecule has 8 aromatic rings. The van der Waals surface area contributed by atoms with E-state index in [0.29, 0.717) is 6.67 Å². The van der Waals surface area contributed by atoms with Crippen molar-refractivity contribution in [3.8, 4) is 17.3 Å². The Labute approximate surface area is 380 Å². The van der Waals surface area contributed by atoms with Gasteiger partial charge in [0.1, 0.15) is 33.5 Å². The lowest BCUT2D eigenvalue weighted by Crippen LogP contribution is -2.66. The van der Waals surface area contributed by atoms with Gasteiger partial charge in [0, 0.05) is 69.9 Å². The number of nitrogens with zero attached hydrogens (tertiary/aromatic N) is 5. The Balaban J connectivity index is 0.961. The Morgan fingerprint density at radius 2 is 1.09 bits per heavy atom. The van der Waals surface area contributed by atoms with Crippen molar-refractivity contribution < 1.29 is 4.74 Å². The molecule has 320 valence electrons. The highest BCUT2D eigenvalue weighted by atomic mass is 28.3. The number of pyridine rings is 1. The molecule has 0 aliphatic carbocycles. The molecule has 0 fully saturated rings. The number of aromatic nitrogens is 2. The van der Waals surface area contributed by atoms with Crippen LogP contribution >= 0.6 is 0 Å². The minimum Gasteiger partial charge on any atom is -0.457 e. The van der Waals surface area contributed by atoms with Crippen LogP contribution in [0.4, 0.5) is 28.4 Å². The van der Waals surface area contributed by atoms with Crippen molar-refractivity contribution in [3.05, 3.63) is 163 Å². The summed E-state index contributed by atoms with van der Waals surface area (Å²) in [6.45, 7) is 24.5. The number of ether oxygens (including phenoxy) is 1. The highest BCUT2D eigenvalue weighted by Gasteiger charge is 2.47. The van der Waals surface area contributed by atoms with Crippen LogP contribution in [0.2, 0.25) is 26.2 Å². The van der Waals surface area contributed by atoms with Gasteiger partial charge in [0.15, 0.2) is 0 Å². The van der Waals surface area contributed by atoms with Gasteiger partial charge in [-0.15, -0.1) is 0 Å². The molecule has 3 aliphatic rings. The summed E-state index contributed by atoms with van der Waals surface area (Å²) < 4.78 is 9.20. The van der Waals surface area contributed by atoms with Crippen LogP contribution in [0.1, 0.15) is 52.7 Å². The summed E-state index contributed by atoms with van der Waals surface area (Å²) in [5.74, 6) is 2.52. The average molecular weight is 872 g/mol. The van der Waals surface area contributed by atoms with Crippen LogP contribution in [0.5, 0.6) is 11.5 Å². The van der Waals surface area contributed by atoms with Crippen LogP contribution in [-0.4, -0.2) is 32.4 Å². The Kier molecular flexibility index (Phi) is 8.89. The molecule has 2 aromatic heterocycles. The molecule has 0 bridgehead atoms. The first-order chi connectivity index (χ1) is 30.5. The molecule has 6 nitrogen and oxygen atoms in total. The zero-order chi connectivity index (χ0) is 44.5. The van der Waals surface area contributed by atoms with Gasteiger partial charge in [0.05, 0.1) is 17.7 Å². The zero-order valence-corrected chi connectivity index (χ0v) is 40.8. The number of hydrogen-bond donors (Lipinski definition) is 0. The summed E-state index contributed by atoms with van der Waals surface area (Å²) in [5, 5.41) is 8.42. The third kappa shape index (κ3) is 6.28. The minimum absolute atomic E-state index is 0.00270. The van der Waals surface area contributed by atoms with Gasteiger partial charge >= 0.3 is 0 Å². The van der Waals surface area contributed by atoms with Gasteiger partial charge < -0.3 is 19.4 Å². The van der Waals surface area contributed by atoms with E-state index < -0.39 is 16.1 Å². The maximum absolute atomic E-state index is 6.92. The predicted molar refractivity (Wildman–Crippen MR) is 276 cm³/mol. The third-order valence-electron chi connectivity index (χ3n) is 14.2. The maximum Gasteiger partial charge on any atom is 0.137 e. The topological polar surface area (TPSA) is 36.8 Å². The molecule has 8 heteroatoms. The van der Waals surface area contributed by atoms with Crippen molar-refractivity contribution in [3.63, 3.8) is 0 Å². The van der Waals surface area contributed by atoms with Crippen LogP contribution in [0.3, 0.4) is 0 Å². The van der Waals surface area contributed by atoms with Gasteiger partial charge in [0.25, 0.3) is 0 Å². The van der Waals surface area contributed by atoms with Crippen LogP contribution in [-0.2, 0) is 10.8 Å². The molecule has 64 heavy (non-hydrogen) atoms. The molecule has 0 atom stereocenters. The first kappa shape index (κ1) is 40.4. The van der Waals surface area contributed by atoms with Gasteiger partial charge in [-0.3, -0.25) is 4.57 Å². The molecule has 6 aromatic carbocycles. The Morgan fingerprint density at radius 3 is 1.73 bits per heavy atom. The Morgan fingerprint density at radius 1 is 0.516 bits per heavy atom. The van der Waals surface area contributed by atoms with Gasteiger partial charge in [-0.05, 0) is 109 Å². The number of benzene rings is 6. The van der Waals surface area contributed by atoms with E-state index in [9.17, 15) is 0 Å². The summed E-state index contributed by atoms with van der Waals surface area (Å²) in [6.07, 6.45) is 6.44. The van der Waals surface area contributed by atoms with E-state index in [2.05, 4.69) is 233 Å². The van der Waals surface area contributed by atoms with Crippen LogP contribution in [0.25, 0.3) is 27.6 Å². The SMILES string of the molecule is CC(C)(C)c1cc(Oc2ccc3c4ccccc4n(-c4cc(C(C)(C)C)ccn4)c3c2)cc(N2C=CN(c3cc4c5c(c3)[Si](C)(C)c3ccccc3N5c3ccccc3[Si]4(C)C)C2)c1. The lowest BCUT2D eigenvalue weighted by molar-refractivity contribution is 0.479. The highest BCUT2D eigenvalue weighted by molar-refractivity contribution is 7.07. The summed E-state index contributed by atoms with van der Waals surface area (Å²) in [7, 11) is -4.15. The second-order valence-corrected chi connectivity index (χ2v) is 29.8. The molecule has 0 saturated carbocycles. The Bertz CT molecular complexity index is 3160. The maximum atomic E-state index is 6.92. The lowest BCUT2D eigenvalue weighted by Gasteiger charge is -2.49. The summed E-state index contributed by atoms with van der Waals surface area (Å²) in [5.41, 5.74) is 11.1. The standard InChI is InChI=1S/C56H57N5OSi2/c1-55(2,3)37-25-26-57-53(31-37)60-45-18-12-11-17-43(45)44-24-23-41(35-48(44)60)62-42-30-38(56(4,5)6)29-39(32-42)58-27-28-59(36-58)40-33-51-54-52(34-40)64(9,10)50-22-16-14-20-47(50)61(54)46-19-13-15-21-49(46)63(51,7)8/h11-35H,36H2,1-10H3. The molecule has 0 radical (unpaired) electrons. The molecule has 0 N–H and O–H groups in total. The number of para-hydroxylation sites is 3. The largest absolute Gasteiger partial charge is 0.457 e. The number of hydrogen-bond acceptors (Lipinski definition) is 5. The molecule has 0 amide bonds. The summed E-state index contributed by atoms with van der Waals surface area (Å²) in [4.78, 5) is 12.3. The van der Waals surface area contributed by atoms with E-state index in [0.717, 1.165) is 34.0 Å². The average Bonchev–Trinajstić information content (AvgIpc) is 3.89. The number of fused-ring (bicyclic) bond motifs is 7. The van der Waals surface area contributed by atoms with E-state index in [1.165, 1.54) is 65.4 Å². The molecule has 5 heterocycles. The van der Waals surface area contributed by atoms with Gasteiger partial charge in [-0.25, -0.2) is 4.98 Å². The van der Waals surface area contributed by atoms with E-state index in [-0.39, 0.29) is 10.8 Å². The first-order valence-electron chi connectivity index (χ1n) is 22.7. The lowest BCUT2D eigenvalue weighted by atomic mass is 9.86. The molecule has 11 rings (SSSR count). The fourth-order valence-electron chi connectivity index (χ4n) is 10.4. The zero-order valence-electron chi connectivity index (χ0n) is 38.8. The quantitative estimate of drug-likeness (QED) is 0.161. The fourth-order valence-corrected chi connectivity index (χ4v) is 16.5. The van der Waals surface area contributed by atoms with Gasteiger partial charge in [-0.2, -0.15) is 0 Å². The molecular weight excluding hydrogens is 815 g/mol. The van der Waals surface area contributed by atoms with Crippen LogP contribution in [0.15, 0.2) is 152 Å². The summed E-state index contributed by atoms with van der Waals surface area (Å²) in [6, 6.07) is 49.6. The first-order valence-corrected chi connectivity index (χ1v) is 28.7. The molecule has 3 aliphatic heterocycles. The van der Waals surface area contributed by atoms with Crippen LogP contribution in [0, 0.1) is 0 Å². The molecule has 0 unspecified atom stereocenters. The smallest absolute Gasteiger partial charge is 0.137 e. The predicted octanol–water partition coefficient (Wildman–Crippen LogP) is 12.1. The normalized spacial score (nSPS) is 16.0. The third-order valence-corrected chi connectivity index (χ3v) is 21.2. The van der Waals surface area contributed by atoms with Crippen molar-refractivity contribution in [1.29, 1.82) is 0 Å². The van der Waals surface area contributed by atoms with E-state index in [1.807, 2.05) is 6.20 Å². The number of anilines is 5. The second kappa shape index (κ2) is 14.1. The molecular formula is C56H57N5OSi2. The number of rotatable bonds is 5. The molecule has 0 saturated heterocycles. The van der Waals surface area contributed by atoms with Crippen molar-refractivity contribution in [2.45, 2.75) is 78.6 Å². The van der Waals surface area contributed by atoms with Crippen molar-refractivity contribution >= 4 is 87.1 Å². The van der Waals surface area contributed by atoms with E-state index in [1.54, 1.807) is 0 Å². The molecule has 0 spiro atoms. The second-order valence-electron chi connectivity index (χ2n) is 21.1. The van der Waals surface area contributed by atoms with Gasteiger partial charge in [-0.1, -0.05) is 122 Å². The van der Waals surface area contributed by atoms with E-state index in [4.69, 9.17) is 9.72 Å². The monoisotopic (exact) mass is 871 g/mol. The van der Waals surface area contributed by atoms with Gasteiger partial charge in [0.2, 0.25) is 0 Å². The Hall–Kier alpha value is -6.36. The van der Waals surface area contributed by atoms with Crippen LogP contribution < -0.4 is 40.2 Å². The summed E-state index contributed by atoms with van der Waals surface area (Å²) >= 11 is 0. The minimum atomic E-state index is -2.07. The fraction of sp³-hybridized carbons (Fsp3) is 0.232. The van der Waals surface area contributed by atoms with Crippen molar-refractivity contribution in [1.82, 2.24) is 9.55 Å².